The number of unbranched alkanes of at least 4 members (excludes halogenated alkanes) is 5. The second kappa shape index (κ2) is 13.5. The number of allylic oxidation sites excluding steroid dienone is 5. The third kappa shape index (κ3) is 8.56. The smallest absolute Gasteiger partial charge is 0.305 e. The largest absolute Gasteiger partial charge is 0.469 e. The van der Waals surface area contributed by atoms with Gasteiger partial charge >= 0.3 is 5.97 Å². The van der Waals surface area contributed by atoms with Crippen molar-refractivity contribution in [2.45, 2.75) is 77.7 Å². The van der Waals surface area contributed by atoms with E-state index in [0.29, 0.717) is 31.3 Å². The summed E-state index contributed by atoms with van der Waals surface area (Å²) in [5.41, 5.74) is 0.451. The first-order valence-electron chi connectivity index (χ1n) is 10.9. The highest BCUT2D eigenvalue weighted by molar-refractivity contribution is 7.96. The number of carbonyl (C=O) groups is 2. The van der Waals surface area contributed by atoms with Crippen LogP contribution in [-0.4, -0.2) is 44.2 Å². The highest BCUT2D eigenvalue weighted by atomic mass is 32.2. The molecule has 7 heteroatoms. The molecular weight excluding hydrogens is 404 g/mol. The molecule has 0 bridgehead atoms. The molecule has 0 saturated heterocycles. The third-order valence-corrected chi connectivity index (χ3v) is 6.96. The number of methoxy groups -OCH3 is 1. The predicted octanol–water partition coefficient (Wildman–Crippen LogP) is 4.05. The summed E-state index contributed by atoms with van der Waals surface area (Å²) in [7, 11) is -2.23. The lowest BCUT2D eigenvalue weighted by molar-refractivity contribution is -0.140. The molecule has 0 aromatic rings. The van der Waals surface area contributed by atoms with Crippen LogP contribution < -0.4 is 0 Å². The van der Waals surface area contributed by atoms with Crippen LogP contribution in [0.4, 0.5) is 0 Å². The van der Waals surface area contributed by atoms with Gasteiger partial charge in [-0.05, 0) is 25.7 Å². The van der Waals surface area contributed by atoms with E-state index in [1.165, 1.54) is 20.1 Å². The zero-order valence-electron chi connectivity index (χ0n) is 18.4. The van der Waals surface area contributed by atoms with E-state index >= 15 is 0 Å². The highest BCUT2D eigenvalue weighted by Crippen LogP contribution is 2.32. The molecule has 0 aromatic carbocycles. The van der Waals surface area contributed by atoms with Gasteiger partial charge < -0.3 is 9.84 Å². The molecule has 0 heterocycles. The molecule has 0 fully saturated rings. The third-order valence-electron chi connectivity index (χ3n) is 5.21. The maximum atomic E-state index is 12.8. The van der Waals surface area contributed by atoms with E-state index in [0.717, 1.165) is 32.1 Å². The van der Waals surface area contributed by atoms with Crippen molar-refractivity contribution in [3.8, 4) is 0 Å². The Morgan fingerprint density at radius 3 is 2.57 bits per heavy atom. The summed E-state index contributed by atoms with van der Waals surface area (Å²) >= 11 is 0. The Bertz CT molecular complexity index is 761. The van der Waals surface area contributed by atoms with Gasteiger partial charge in [0.05, 0.1) is 19.0 Å². The van der Waals surface area contributed by atoms with Gasteiger partial charge in [0, 0.05) is 17.9 Å². The van der Waals surface area contributed by atoms with Crippen LogP contribution in [0.2, 0.25) is 0 Å². The minimum absolute atomic E-state index is 0.124. The van der Waals surface area contributed by atoms with Crippen molar-refractivity contribution in [2.24, 2.45) is 5.92 Å². The van der Waals surface area contributed by atoms with Crippen LogP contribution in [0.15, 0.2) is 34.8 Å². The number of Topliss-reactive ketones (excluding diaryl/α,β-unsaturated/α-hetero) is 1. The molecule has 30 heavy (non-hydrogen) atoms. The molecule has 1 aliphatic rings. The molecule has 1 aliphatic carbocycles. The van der Waals surface area contributed by atoms with Crippen molar-refractivity contribution >= 4 is 21.6 Å². The van der Waals surface area contributed by atoms with Crippen LogP contribution in [0.25, 0.3) is 0 Å². The van der Waals surface area contributed by atoms with E-state index in [1.807, 2.05) is 0 Å². The van der Waals surface area contributed by atoms with Crippen LogP contribution in [0.1, 0.15) is 71.6 Å². The minimum Gasteiger partial charge on any atom is -0.469 e. The molecule has 0 aromatic heterocycles. The molecule has 1 N–H and O–H groups in total. The minimum atomic E-state index is -3.60. The summed E-state index contributed by atoms with van der Waals surface area (Å²) in [4.78, 5) is 23.7. The summed E-state index contributed by atoms with van der Waals surface area (Å²) in [6.07, 6.45) is 13.1. The van der Waals surface area contributed by atoms with E-state index in [1.54, 1.807) is 18.2 Å². The van der Waals surface area contributed by atoms with Crippen LogP contribution in [0, 0.1) is 5.92 Å². The van der Waals surface area contributed by atoms with Gasteiger partial charge in [0.1, 0.15) is 4.91 Å². The zero-order valence-corrected chi connectivity index (χ0v) is 19.2. The molecule has 1 rings (SSSR count). The SMILES string of the molecule is CCCCCC(O)/C=C/C1C=C(S(=O)(=O)CC)C(=O)/C1=C\CCCCCC(=O)OC. The summed E-state index contributed by atoms with van der Waals surface area (Å²) in [6.45, 7) is 3.62. The maximum Gasteiger partial charge on any atom is 0.305 e. The summed E-state index contributed by atoms with van der Waals surface area (Å²) in [6, 6.07) is 0. The Morgan fingerprint density at radius 2 is 1.93 bits per heavy atom. The number of aliphatic hydroxyl groups is 1. The molecule has 6 nitrogen and oxygen atoms in total. The fourth-order valence-electron chi connectivity index (χ4n) is 3.31. The summed E-state index contributed by atoms with van der Waals surface area (Å²) in [5.74, 6) is -1.24. The second-order valence-electron chi connectivity index (χ2n) is 7.57. The number of ketones is 1. The lowest BCUT2D eigenvalue weighted by Crippen LogP contribution is -2.13. The molecule has 2 atom stereocenters. The number of sulfone groups is 1. The van der Waals surface area contributed by atoms with Gasteiger partial charge in [-0.2, -0.15) is 0 Å². The van der Waals surface area contributed by atoms with Crippen LogP contribution in [-0.2, 0) is 24.2 Å². The first-order valence-corrected chi connectivity index (χ1v) is 12.5. The topological polar surface area (TPSA) is 97.7 Å². The number of ether oxygens (including phenoxy) is 1. The van der Waals surface area contributed by atoms with Gasteiger partial charge in [-0.1, -0.05) is 63.8 Å². The molecule has 0 spiro atoms. The molecule has 0 radical (unpaired) electrons. The van der Waals surface area contributed by atoms with Crippen LogP contribution in [0.5, 0.6) is 0 Å². The lowest BCUT2D eigenvalue weighted by Gasteiger charge is -2.08. The van der Waals surface area contributed by atoms with Crippen molar-refractivity contribution in [3.05, 3.63) is 34.8 Å². The van der Waals surface area contributed by atoms with Crippen LogP contribution in [0.3, 0.4) is 0 Å². The normalized spacial score (nSPS) is 19.5. The Kier molecular flexibility index (Phi) is 11.9. The first kappa shape index (κ1) is 26.3. The van der Waals surface area contributed by atoms with Gasteiger partial charge in [0.2, 0.25) is 5.78 Å². The van der Waals surface area contributed by atoms with Crippen molar-refractivity contribution < 1.29 is 27.9 Å². The van der Waals surface area contributed by atoms with Crippen molar-refractivity contribution in [1.29, 1.82) is 0 Å². The number of hydrogen-bond donors (Lipinski definition) is 1. The van der Waals surface area contributed by atoms with Gasteiger partial charge in [-0.15, -0.1) is 0 Å². The Balaban J connectivity index is 2.82. The zero-order chi connectivity index (χ0) is 22.6. The number of rotatable bonds is 14. The molecule has 170 valence electrons. The van der Waals surface area contributed by atoms with Gasteiger partial charge in [-0.3, -0.25) is 9.59 Å². The summed E-state index contributed by atoms with van der Waals surface area (Å²) in [5, 5.41) is 10.1. The second-order valence-corrected chi connectivity index (χ2v) is 9.82. The average molecular weight is 441 g/mol. The number of aliphatic hydroxyl groups excluding tert-OH is 1. The maximum absolute atomic E-state index is 12.8. The Morgan fingerprint density at radius 1 is 1.20 bits per heavy atom. The fraction of sp³-hybridized carbons (Fsp3) is 0.652. The highest BCUT2D eigenvalue weighted by Gasteiger charge is 2.34. The number of hydrogen-bond acceptors (Lipinski definition) is 6. The van der Waals surface area contributed by atoms with Gasteiger partial charge in [0.25, 0.3) is 0 Å². The van der Waals surface area contributed by atoms with E-state index < -0.39 is 27.6 Å². The molecular formula is C23H36O6S. The average Bonchev–Trinajstić information content (AvgIpc) is 3.05. The quantitative estimate of drug-likeness (QED) is 0.189. The Hall–Kier alpha value is -1.73. The molecule has 0 amide bonds. The Labute approximate surface area is 181 Å². The molecule has 2 unspecified atom stereocenters. The van der Waals surface area contributed by atoms with Gasteiger partial charge in [-0.25, -0.2) is 8.42 Å². The predicted molar refractivity (Wildman–Crippen MR) is 119 cm³/mol. The first-order chi connectivity index (χ1) is 14.3. The fourth-order valence-corrected chi connectivity index (χ4v) is 4.37. The monoisotopic (exact) mass is 440 g/mol. The van der Waals surface area contributed by atoms with Crippen molar-refractivity contribution in [1.82, 2.24) is 0 Å². The van der Waals surface area contributed by atoms with E-state index in [9.17, 15) is 23.1 Å². The van der Waals surface area contributed by atoms with Crippen LogP contribution >= 0.6 is 0 Å². The van der Waals surface area contributed by atoms with E-state index in [-0.39, 0.29) is 16.6 Å². The number of esters is 1. The lowest BCUT2D eigenvalue weighted by atomic mass is 9.98. The van der Waals surface area contributed by atoms with Crippen molar-refractivity contribution in [3.63, 3.8) is 0 Å². The number of carbonyl (C=O) groups excluding carboxylic acids is 2. The molecule has 0 aliphatic heterocycles. The van der Waals surface area contributed by atoms with E-state index in [4.69, 9.17) is 0 Å². The van der Waals surface area contributed by atoms with E-state index in [2.05, 4.69) is 11.7 Å². The molecule has 0 saturated carbocycles. The standard InChI is InChI=1S/C23H36O6S/c1-4-6-9-12-19(24)16-15-18-17-21(30(27,28)5-2)23(26)20(18)13-10-7-8-11-14-22(25)29-3/h13,15-19,24H,4-12,14H2,1-3H3/b16-15+,20-13-. The van der Waals surface area contributed by atoms with Gasteiger partial charge in [0.15, 0.2) is 9.84 Å². The van der Waals surface area contributed by atoms with Crippen molar-refractivity contribution in [2.75, 3.05) is 12.9 Å². The summed E-state index contributed by atoms with van der Waals surface area (Å²) < 4.78 is 29.2.